The number of hydrogen-bond acceptors (Lipinski definition) is 2. The van der Waals surface area contributed by atoms with Gasteiger partial charge in [-0.2, -0.15) is 0 Å². The number of rotatable bonds is 7. The molecular formula is C65H42N2O. The van der Waals surface area contributed by atoms with E-state index in [1.165, 1.54) is 49.5 Å². The van der Waals surface area contributed by atoms with E-state index in [4.69, 9.17) is 4.42 Å². The molecule has 11 aromatic carbocycles. The Morgan fingerprint density at radius 2 is 0.882 bits per heavy atom. The van der Waals surface area contributed by atoms with E-state index in [0.29, 0.717) is 0 Å². The third-order valence-corrected chi connectivity index (χ3v) is 14.4. The summed E-state index contributed by atoms with van der Waals surface area (Å²) in [5.41, 5.74) is 17.4. The molecule has 0 bridgehead atoms. The summed E-state index contributed by atoms with van der Waals surface area (Å²) in [5.74, 6) is 0. The normalized spacial score (nSPS) is 12.8. The van der Waals surface area contributed by atoms with Gasteiger partial charge in [0, 0.05) is 32.7 Å². The van der Waals surface area contributed by atoms with Gasteiger partial charge in [-0.05, 0) is 98.8 Å². The zero-order chi connectivity index (χ0) is 44.8. The molecule has 3 heteroatoms. The second-order valence-electron chi connectivity index (χ2n) is 17.9. The zero-order valence-electron chi connectivity index (χ0n) is 37.1. The van der Waals surface area contributed by atoms with Crippen molar-refractivity contribution in [1.29, 1.82) is 0 Å². The van der Waals surface area contributed by atoms with E-state index in [1.807, 2.05) is 0 Å². The van der Waals surface area contributed by atoms with Gasteiger partial charge in [0.15, 0.2) is 0 Å². The summed E-state index contributed by atoms with van der Waals surface area (Å²) in [5, 5.41) is 7.00. The molecule has 1 aliphatic rings. The van der Waals surface area contributed by atoms with Crippen LogP contribution in [0.1, 0.15) is 22.3 Å². The number of benzene rings is 11. The van der Waals surface area contributed by atoms with Crippen LogP contribution in [0.4, 0.5) is 17.1 Å². The Morgan fingerprint density at radius 1 is 0.353 bits per heavy atom. The van der Waals surface area contributed by atoms with Crippen molar-refractivity contribution in [2.24, 2.45) is 0 Å². The van der Waals surface area contributed by atoms with Crippen molar-refractivity contribution >= 4 is 71.6 Å². The van der Waals surface area contributed by atoms with E-state index in [0.717, 1.165) is 72.2 Å². The number of para-hydroxylation sites is 5. The second kappa shape index (κ2) is 15.1. The Labute approximate surface area is 394 Å². The highest BCUT2D eigenvalue weighted by Crippen LogP contribution is 2.60. The van der Waals surface area contributed by atoms with Crippen LogP contribution in [0.5, 0.6) is 0 Å². The van der Waals surface area contributed by atoms with E-state index in [9.17, 15) is 0 Å². The van der Waals surface area contributed by atoms with Crippen LogP contribution in [0.25, 0.3) is 82.5 Å². The molecule has 2 heterocycles. The van der Waals surface area contributed by atoms with Crippen LogP contribution >= 0.6 is 0 Å². The second-order valence-corrected chi connectivity index (χ2v) is 17.9. The highest BCUT2D eigenvalue weighted by molar-refractivity contribution is 6.17. The predicted octanol–water partition coefficient (Wildman–Crippen LogP) is 17.3. The molecular weight excluding hydrogens is 825 g/mol. The Kier molecular flexibility index (Phi) is 8.50. The lowest BCUT2D eigenvalue weighted by molar-refractivity contribution is 0.669. The monoisotopic (exact) mass is 866 g/mol. The summed E-state index contributed by atoms with van der Waals surface area (Å²) >= 11 is 0. The summed E-state index contributed by atoms with van der Waals surface area (Å²) in [6.45, 7) is 0. The summed E-state index contributed by atoms with van der Waals surface area (Å²) in [4.78, 5) is 2.55. The quantitative estimate of drug-likeness (QED) is 0.159. The number of anilines is 3. The van der Waals surface area contributed by atoms with E-state index in [2.05, 4.69) is 264 Å². The lowest BCUT2D eigenvalue weighted by atomic mass is 9.68. The maximum absolute atomic E-state index is 6.73. The molecule has 0 amide bonds. The third kappa shape index (κ3) is 5.47. The lowest BCUT2D eigenvalue weighted by Crippen LogP contribution is -2.28. The van der Waals surface area contributed by atoms with Gasteiger partial charge < -0.3 is 13.9 Å². The molecule has 1 aliphatic carbocycles. The molecule has 0 spiro atoms. The molecule has 0 fully saturated rings. The SMILES string of the molecule is c1ccc(C2(c3ccccc3)c3ccccc3-c3c(N(c4ccccc4-c4cccc5oc6cc7ccccc7cc6c45)c4ccccc4-n4c5ccccc5c5ccccc54)cccc32)cc1. The van der Waals surface area contributed by atoms with Crippen LogP contribution in [0, 0.1) is 0 Å². The lowest BCUT2D eigenvalue weighted by Gasteiger charge is -2.35. The first-order valence-electron chi connectivity index (χ1n) is 23.4. The maximum Gasteiger partial charge on any atom is 0.136 e. The smallest absolute Gasteiger partial charge is 0.136 e. The predicted molar refractivity (Wildman–Crippen MR) is 283 cm³/mol. The van der Waals surface area contributed by atoms with Crippen molar-refractivity contribution < 1.29 is 4.42 Å². The fourth-order valence-corrected chi connectivity index (χ4v) is 11.7. The Bertz CT molecular complexity index is 4010. The molecule has 14 rings (SSSR count). The molecule has 0 atom stereocenters. The third-order valence-electron chi connectivity index (χ3n) is 14.4. The summed E-state index contributed by atoms with van der Waals surface area (Å²) in [6.07, 6.45) is 0. The summed E-state index contributed by atoms with van der Waals surface area (Å²) in [6, 6.07) is 93.3. The van der Waals surface area contributed by atoms with Crippen molar-refractivity contribution in [1.82, 2.24) is 4.57 Å². The molecule has 13 aromatic rings. The largest absolute Gasteiger partial charge is 0.456 e. The number of fused-ring (bicyclic) bond motifs is 10. The molecule has 0 radical (unpaired) electrons. The zero-order valence-corrected chi connectivity index (χ0v) is 37.1. The van der Waals surface area contributed by atoms with Crippen molar-refractivity contribution in [3.05, 3.63) is 277 Å². The number of nitrogens with zero attached hydrogens (tertiary/aromatic N) is 2. The van der Waals surface area contributed by atoms with E-state index >= 15 is 0 Å². The van der Waals surface area contributed by atoms with Gasteiger partial charge in [0.25, 0.3) is 0 Å². The fraction of sp³-hybridized carbons (Fsp3) is 0.0154. The van der Waals surface area contributed by atoms with E-state index in [-0.39, 0.29) is 0 Å². The van der Waals surface area contributed by atoms with Gasteiger partial charge in [-0.25, -0.2) is 0 Å². The Hall–Kier alpha value is -8.92. The van der Waals surface area contributed by atoms with Crippen LogP contribution in [0.15, 0.2) is 259 Å². The minimum absolute atomic E-state index is 0.577. The van der Waals surface area contributed by atoms with Gasteiger partial charge in [-0.3, -0.25) is 0 Å². The number of aromatic nitrogens is 1. The molecule has 2 aromatic heterocycles. The first-order chi connectivity index (χ1) is 33.8. The molecule has 0 N–H and O–H groups in total. The summed E-state index contributed by atoms with van der Waals surface area (Å²) in [7, 11) is 0. The standard InChI is InChI=1S/C65H42N2O/c1-3-23-45(24-4-1)65(46-25-5-2-6-26-46)53-32-13-9-30-51(53)64-54(65)33-20-39-60(64)67(59-38-18-17-37-58(59)66-55-34-14-10-27-47(55)48-28-11-15-35-56(48)66)57-36-16-12-29-49(57)50-31-19-40-61-63(50)52-41-43-21-7-8-22-44(43)42-62(52)68-61/h1-42H. The minimum Gasteiger partial charge on any atom is -0.456 e. The molecule has 318 valence electrons. The first kappa shape index (κ1) is 38.4. The van der Waals surface area contributed by atoms with Gasteiger partial charge >= 0.3 is 0 Å². The van der Waals surface area contributed by atoms with Crippen molar-refractivity contribution in [2.75, 3.05) is 4.90 Å². The molecule has 0 aliphatic heterocycles. The fourth-order valence-electron chi connectivity index (χ4n) is 11.7. The molecule has 3 nitrogen and oxygen atoms in total. The molecule has 0 unspecified atom stereocenters. The Balaban J connectivity index is 1.11. The van der Waals surface area contributed by atoms with Crippen LogP contribution in [-0.4, -0.2) is 4.57 Å². The van der Waals surface area contributed by atoms with Gasteiger partial charge in [-0.1, -0.05) is 200 Å². The Morgan fingerprint density at radius 3 is 1.62 bits per heavy atom. The van der Waals surface area contributed by atoms with E-state index < -0.39 is 5.41 Å². The van der Waals surface area contributed by atoms with E-state index in [1.54, 1.807) is 0 Å². The van der Waals surface area contributed by atoms with Crippen LogP contribution in [0.3, 0.4) is 0 Å². The molecule has 0 saturated heterocycles. The highest BCUT2D eigenvalue weighted by atomic mass is 16.3. The van der Waals surface area contributed by atoms with Crippen LogP contribution in [-0.2, 0) is 5.41 Å². The number of hydrogen-bond donors (Lipinski definition) is 0. The average Bonchev–Trinajstić information content (AvgIpc) is 4.05. The summed E-state index contributed by atoms with van der Waals surface area (Å²) < 4.78 is 9.19. The van der Waals surface area contributed by atoms with Gasteiger partial charge in [0.2, 0.25) is 0 Å². The average molecular weight is 867 g/mol. The maximum atomic E-state index is 6.73. The van der Waals surface area contributed by atoms with Crippen LogP contribution in [0.2, 0.25) is 0 Å². The molecule has 0 saturated carbocycles. The van der Waals surface area contributed by atoms with Gasteiger partial charge in [-0.15, -0.1) is 0 Å². The minimum atomic E-state index is -0.577. The molecule has 68 heavy (non-hydrogen) atoms. The van der Waals surface area contributed by atoms with Crippen molar-refractivity contribution in [3.63, 3.8) is 0 Å². The van der Waals surface area contributed by atoms with Crippen LogP contribution < -0.4 is 4.90 Å². The first-order valence-corrected chi connectivity index (χ1v) is 23.4. The highest BCUT2D eigenvalue weighted by Gasteiger charge is 2.47. The number of furan rings is 1. The van der Waals surface area contributed by atoms with Crippen molar-refractivity contribution in [3.8, 4) is 27.9 Å². The van der Waals surface area contributed by atoms with Crippen molar-refractivity contribution in [2.45, 2.75) is 5.41 Å². The topological polar surface area (TPSA) is 21.3 Å². The van der Waals surface area contributed by atoms with Gasteiger partial charge in [0.05, 0.1) is 39.2 Å². The van der Waals surface area contributed by atoms with Gasteiger partial charge in [0.1, 0.15) is 11.2 Å².